The molecule has 1 aromatic heterocycles. The summed E-state index contributed by atoms with van der Waals surface area (Å²) in [5, 5.41) is 0. The number of imidazole rings is 1. The Hall–Kier alpha value is -4.33. The van der Waals surface area contributed by atoms with Gasteiger partial charge in [-0.15, -0.1) is 0 Å². The first-order chi connectivity index (χ1) is 17.6. The summed E-state index contributed by atoms with van der Waals surface area (Å²) in [6.07, 6.45) is 0. The third kappa shape index (κ3) is 3.84. The van der Waals surface area contributed by atoms with E-state index in [0.29, 0.717) is 23.0 Å². The molecule has 5 rings (SSSR count). The highest BCUT2D eigenvalue weighted by Gasteiger charge is 2.49. The fraction of sp³-hybridized carbons (Fsp3) is 0.250. The van der Waals surface area contributed by atoms with Crippen LogP contribution in [0.4, 0.5) is 5.95 Å². The van der Waals surface area contributed by atoms with E-state index in [-0.39, 0.29) is 19.1 Å². The quantitative estimate of drug-likeness (QED) is 0.286. The minimum Gasteiger partial charge on any atom is -0.493 e. The molecule has 184 valence electrons. The highest BCUT2D eigenvalue weighted by atomic mass is 16.5. The highest BCUT2D eigenvalue weighted by Crippen LogP contribution is 2.46. The van der Waals surface area contributed by atoms with Crippen molar-refractivity contribution in [2.75, 3.05) is 25.7 Å². The largest absolute Gasteiger partial charge is 0.493 e. The number of hydrogen-bond donors (Lipinski definition) is 0. The van der Waals surface area contributed by atoms with Crippen LogP contribution in [0, 0.1) is 5.92 Å². The van der Waals surface area contributed by atoms with Gasteiger partial charge in [-0.05, 0) is 30.7 Å². The summed E-state index contributed by atoms with van der Waals surface area (Å²) < 4.78 is 18.7. The van der Waals surface area contributed by atoms with Crippen molar-refractivity contribution in [1.29, 1.82) is 0 Å². The summed E-state index contributed by atoms with van der Waals surface area (Å²) >= 11 is 0. The van der Waals surface area contributed by atoms with E-state index in [1.807, 2.05) is 71.3 Å². The van der Waals surface area contributed by atoms with E-state index in [9.17, 15) is 9.59 Å². The minimum absolute atomic E-state index is 0.154. The van der Waals surface area contributed by atoms with Gasteiger partial charge in [0.1, 0.15) is 0 Å². The average molecular weight is 486 g/mol. The van der Waals surface area contributed by atoms with Crippen LogP contribution in [-0.2, 0) is 20.9 Å². The zero-order valence-corrected chi connectivity index (χ0v) is 20.4. The van der Waals surface area contributed by atoms with E-state index in [1.54, 1.807) is 32.1 Å². The number of hydrogen-bond acceptors (Lipinski definition) is 6. The molecule has 0 saturated heterocycles. The van der Waals surface area contributed by atoms with E-state index >= 15 is 0 Å². The van der Waals surface area contributed by atoms with Crippen LogP contribution in [-0.4, -0.2) is 42.3 Å². The topological polar surface area (TPSA) is 82.9 Å². The number of anilines is 1. The Morgan fingerprint density at radius 2 is 1.69 bits per heavy atom. The van der Waals surface area contributed by atoms with Crippen LogP contribution < -0.4 is 14.4 Å². The first kappa shape index (κ1) is 23.4. The number of aromatic nitrogens is 2. The summed E-state index contributed by atoms with van der Waals surface area (Å²) in [5.74, 6) is -0.718. The molecule has 2 atom stereocenters. The number of amides is 1. The molecule has 36 heavy (non-hydrogen) atoms. The molecule has 2 heterocycles. The van der Waals surface area contributed by atoms with Gasteiger partial charge >= 0.3 is 5.97 Å². The van der Waals surface area contributed by atoms with Crippen LogP contribution in [0.15, 0.2) is 72.8 Å². The zero-order valence-electron chi connectivity index (χ0n) is 20.4. The lowest BCUT2D eigenvalue weighted by Gasteiger charge is -2.38. The van der Waals surface area contributed by atoms with Crippen molar-refractivity contribution >= 4 is 28.9 Å². The molecule has 1 aliphatic heterocycles. The van der Waals surface area contributed by atoms with Gasteiger partial charge in [0, 0.05) is 5.56 Å². The third-order valence-corrected chi connectivity index (χ3v) is 6.42. The summed E-state index contributed by atoms with van der Waals surface area (Å²) in [6, 6.07) is 22.0. The Labute approximate surface area is 209 Å². The van der Waals surface area contributed by atoms with Gasteiger partial charge in [0.2, 0.25) is 11.9 Å². The van der Waals surface area contributed by atoms with Crippen molar-refractivity contribution in [3.05, 3.63) is 83.9 Å². The van der Waals surface area contributed by atoms with Crippen LogP contribution in [0.25, 0.3) is 11.0 Å². The molecule has 0 radical (unpaired) electrons. The molecule has 1 aliphatic rings. The molecule has 4 aromatic rings. The summed E-state index contributed by atoms with van der Waals surface area (Å²) in [6.45, 7) is 2.15. The number of para-hydroxylation sites is 3. The van der Waals surface area contributed by atoms with Crippen LogP contribution in [0.5, 0.6) is 11.5 Å². The number of benzene rings is 3. The Bertz CT molecular complexity index is 1420. The Balaban J connectivity index is 1.79. The van der Waals surface area contributed by atoms with Crippen molar-refractivity contribution in [2.24, 2.45) is 5.92 Å². The molecular formula is C28H27N3O5. The Kier molecular flexibility index (Phi) is 6.33. The first-order valence-electron chi connectivity index (χ1n) is 11.8. The highest BCUT2D eigenvalue weighted by molar-refractivity contribution is 6.08. The molecule has 0 aliphatic carbocycles. The molecule has 0 saturated carbocycles. The number of rotatable bonds is 7. The van der Waals surface area contributed by atoms with E-state index in [0.717, 1.165) is 16.6 Å². The second kappa shape index (κ2) is 9.73. The van der Waals surface area contributed by atoms with E-state index in [1.165, 1.54) is 0 Å². The number of methoxy groups -OCH3 is 2. The zero-order chi connectivity index (χ0) is 25.2. The van der Waals surface area contributed by atoms with Crippen molar-refractivity contribution in [1.82, 2.24) is 9.55 Å². The predicted molar refractivity (Wildman–Crippen MR) is 135 cm³/mol. The van der Waals surface area contributed by atoms with Gasteiger partial charge in [-0.2, -0.15) is 0 Å². The van der Waals surface area contributed by atoms with Gasteiger partial charge in [0.15, 0.2) is 17.4 Å². The average Bonchev–Trinajstić information content (AvgIpc) is 3.29. The van der Waals surface area contributed by atoms with Gasteiger partial charge in [0.05, 0.1) is 44.4 Å². The predicted octanol–water partition coefficient (Wildman–Crippen LogP) is 4.37. The van der Waals surface area contributed by atoms with E-state index in [4.69, 9.17) is 19.2 Å². The SMILES string of the molecule is CCOC(=O)[C@H]1C(=O)N(Cc2ccccc2)c2nc3ccccc3n2[C@H]1c1cccc(OC)c1OC. The second-order valence-electron chi connectivity index (χ2n) is 8.44. The lowest BCUT2D eigenvalue weighted by Crippen LogP contribution is -2.49. The molecule has 0 unspecified atom stereocenters. The van der Waals surface area contributed by atoms with Crippen molar-refractivity contribution in [3.8, 4) is 11.5 Å². The number of nitrogens with zero attached hydrogens (tertiary/aromatic N) is 3. The maximum Gasteiger partial charge on any atom is 0.321 e. The normalized spacial score (nSPS) is 17.1. The van der Waals surface area contributed by atoms with Gasteiger partial charge in [-0.3, -0.25) is 14.5 Å². The first-order valence-corrected chi connectivity index (χ1v) is 11.8. The summed E-state index contributed by atoms with van der Waals surface area (Å²) in [7, 11) is 3.09. The lowest BCUT2D eigenvalue weighted by atomic mass is 9.88. The van der Waals surface area contributed by atoms with Crippen LogP contribution in [0.2, 0.25) is 0 Å². The molecule has 0 fully saturated rings. The summed E-state index contributed by atoms with van der Waals surface area (Å²) in [5.41, 5.74) is 3.06. The van der Waals surface area contributed by atoms with E-state index in [2.05, 4.69) is 0 Å². The Morgan fingerprint density at radius 1 is 0.944 bits per heavy atom. The van der Waals surface area contributed by atoms with Gasteiger partial charge in [0.25, 0.3) is 0 Å². The molecular weight excluding hydrogens is 458 g/mol. The third-order valence-electron chi connectivity index (χ3n) is 6.42. The molecule has 0 bridgehead atoms. The van der Waals surface area contributed by atoms with Crippen molar-refractivity contribution < 1.29 is 23.8 Å². The number of fused-ring (bicyclic) bond motifs is 3. The number of ether oxygens (including phenoxy) is 3. The maximum atomic E-state index is 14.1. The van der Waals surface area contributed by atoms with Gasteiger partial charge in [-0.25, -0.2) is 4.98 Å². The second-order valence-corrected chi connectivity index (χ2v) is 8.44. The number of esters is 1. The van der Waals surface area contributed by atoms with Gasteiger partial charge < -0.3 is 18.8 Å². The maximum absolute atomic E-state index is 14.1. The minimum atomic E-state index is -1.15. The Morgan fingerprint density at radius 3 is 2.42 bits per heavy atom. The van der Waals surface area contributed by atoms with Crippen molar-refractivity contribution in [2.45, 2.75) is 19.5 Å². The molecule has 1 amide bonds. The van der Waals surface area contributed by atoms with Gasteiger partial charge in [-0.1, -0.05) is 54.6 Å². The molecule has 3 aromatic carbocycles. The molecule has 8 nitrogen and oxygen atoms in total. The smallest absolute Gasteiger partial charge is 0.321 e. The van der Waals surface area contributed by atoms with Crippen LogP contribution in [0.1, 0.15) is 24.1 Å². The van der Waals surface area contributed by atoms with Crippen LogP contribution in [0.3, 0.4) is 0 Å². The molecule has 8 heteroatoms. The fourth-order valence-electron chi connectivity index (χ4n) is 4.89. The monoisotopic (exact) mass is 485 g/mol. The van der Waals surface area contributed by atoms with Crippen LogP contribution >= 0.6 is 0 Å². The number of carbonyl (C=O) groups excluding carboxylic acids is 2. The molecule has 0 spiro atoms. The molecule has 0 N–H and O–H groups in total. The van der Waals surface area contributed by atoms with Crippen molar-refractivity contribution in [3.63, 3.8) is 0 Å². The fourth-order valence-corrected chi connectivity index (χ4v) is 4.89. The lowest BCUT2D eigenvalue weighted by molar-refractivity contribution is -0.153. The number of carbonyl (C=O) groups is 2. The van der Waals surface area contributed by atoms with E-state index < -0.39 is 17.9 Å². The summed E-state index contributed by atoms with van der Waals surface area (Å²) in [4.78, 5) is 34.0. The standard InChI is InChI=1S/C28H27N3O5/c1-4-36-27(33)23-24(19-13-10-16-22(34-2)25(19)35-3)31-21-15-9-8-14-20(21)29-28(31)30(26(23)32)17-18-11-6-5-7-12-18/h5-16,23-24H,4,17H2,1-3H3/t23-,24+/m1/s1.